The number of hydrogen-bond donors (Lipinski definition) is 1. The number of carbonyl (C=O) groups excluding carboxylic acids is 3. The molecule has 1 saturated heterocycles. The van der Waals surface area contributed by atoms with Gasteiger partial charge in [0.25, 0.3) is 0 Å². The van der Waals surface area contributed by atoms with E-state index in [-0.39, 0.29) is 19.3 Å². The Kier molecular flexibility index (Phi) is 8.58. The number of anilines is 1. The van der Waals surface area contributed by atoms with E-state index in [1.165, 1.54) is 0 Å². The SMILES string of the molecule is CCOC(=O)COC(=O)N1CCC(N(C=O)CCc2ccccc2NC)CC1. The molecule has 0 aliphatic carbocycles. The molecule has 8 nitrogen and oxygen atoms in total. The fourth-order valence-electron chi connectivity index (χ4n) is 3.35. The van der Waals surface area contributed by atoms with Crippen molar-refractivity contribution in [3.05, 3.63) is 29.8 Å². The topological polar surface area (TPSA) is 88.2 Å². The standard InChI is InChI=1S/C20H29N3O5/c1-3-27-19(25)14-28-20(26)22-12-9-17(10-13-22)23(15-24)11-8-16-6-4-5-7-18(16)21-2/h4-7,15,17,21H,3,8-14H2,1-2H3. The third-order valence-corrected chi connectivity index (χ3v) is 4.87. The maximum atomic E-state index is 12.0. The van der Waals surface area contributed by atoms with Crippen molar-refractivity contribution in [3.63, 3.8) is 0 Å². The highest BCUT2D eigenvalue weighted by atomic mass is 16.6. The van der Waals surface area contributed by atoms with Crippen molar-refractivity contribution in [2.75, 3.05) is 45.2 Å². The number of hydrogen-bond acceptors (Lipinski definition) is 6. The number of nitrogens with zero attached hydrogens (tertiary/aromatic N) is 2. The van der Waals surface area contributed by atoms with Crippen molar-refractivity contribution in [1.82, 2.24) is 9.80 Å². The number of benzene rings is 1. The molecule has 154 valence electrons. The average molecular weight is 391 g/mol. The fraction of sp³-hybridized carbons (Fsp3) is 0.550. The van der Waals surface area contributed by atoms with Crippen LogP contribution in [0.15, 0.2) is 24.3 Å². The first-order valence-corrected chi connectivity index (χ1v) is 9.63. The van der Waals surface area contributed by atoms with Crippen LogP contribution in [0.4, 0.5) is 10.5 Å². The lowest BCUT2D eigenvalue weighted by Gasteiger charge is -2.36. The molecule has 1 aliphatic heterocycles. The Hall–Kier alpha value is -2.77. The van der Waals surface area contributed by atoms with Crippen LogP contribution in [0.25, 0.3) is 0 Å². The predicted molar refractivity (Wildman–Crippen MR) is 105 cm³/mol. The van der Waals surface area contributed by atoms with Crippen LogP contribution in [0.1, 0.15) is 25.3 Å². The monoisotopic (exact) mass is 391 g/mol. The first-order valence-electron chi connectivity index (χ1n) is 9.63. The van der Waals surface area contributed by atoms with Gasteiger partial charge < -0.3 is 24.6 Å². The molecule has 1 heterocycles. The molecule has 0 spiro atoms. The summed E-state index contributed by atoms with van der Waals surface area (Å²) in [4.78, 5) is 38.3. The van der Waals surface area contributed by atoms with E-state index in [9.17, 15) is 14.4 Å². The summed E-state index contributed by atoms with van der Waals surface area (Å²) in [5, 5.41) is 3.17. The van der Waals surface area contributed by atoms with Crippen LogP contribution in [-0.4, -0.2) is 74.2 Å². The third kappa shape index (κ3) is 6.14. The summed E-state index contributed by atoms with van der Waals surface area (Å²) in [5.74, 6) is -0.556. The molecule has 0 radical (unpaired) electrons. The summed E-state index contributed by atoms with van der Waals surface area (Å²) >= 11 is 0. The molecule has 1 aliphatic rings. The number of carbonyl (C=O) groups is 3. The van der Waals surface area contributed by atoms with E-state index < -0.39 is 12.1 Å². The molecule has 0 saturated carbocycles. The second-order valence-electron chi connectivity index (χ2n) is 6.58. The van der Waals surface area contributed by atoms with Gasteiger partial charge in [-0.1, -0.05) is 18.2 Å². The molecule has 0 unspecified atom stereocenters. The van der Waals surface area contributed by atoms with Gasteiger partial charge in [-0.25, -0.2) is 9.59 Å². The first kappa shape index (κ1) is 21.5. The van der Waals surface area contributed by atoms with Crippen LogP contribution in [0.3, 0.4) is 0 Å². The number of rotatable bonds is 9. The zero-order valence-corrected chi connectivity index (χ0v) is 16.6. The molecule has 1 N–H and O–H groups in total. The van der Waals surface area contributed by atoms with Gasteiger partial charge in [-0.05, 0) is 37.8 Å². The van der Waals surface area contributed by atoms with E-state index >= 15 is 0 Å². The van der Waals surface area contributed by atoms with Crippen molar-refractivity contribution in [3.8, 4) is 0 Å². The Morgan fingerprint density at radius 1 is 1.25 bits per heavy atom. The van der Waals surface area contributed by atoms with Gasteiger partial charge in [0.05, 0.1) is 6.61 Å². The number of amides is 2. The van der Waals surface area contributed by atoms with Crippen LogP contribution >= 0.6 is 0 Å². The number of ether oxygens (including phenoxy) is 2. The zero-order valence-electron chi connectivity index (χ0n) is 16.6. The molecule has 0 bridgehead atoms. The van der Waals surface area contributed by atoms with Gasteiger partial charge >= 0.3 is 12.1 Å². The zero-order chi connectivity index (χ0) is 20.4. The third-order valence-electron chi connectivity index (χ3n) is 4.87. The van der Waals surface area contributed by atoms with Gasteiger partial charge in [-0.3, -0.25) is 4.79 Å². The Balaban J connectivity index is 1.79. The highest BCUT2D eigenvalue weighted by molar-refractivity contribution is 5.75. The molecular formula is C20H29N3O5. The molecular weight excluding hydrogens is 362 g/mol. The van der Waals surface area contributed by atoms with E-state index in [0.717, 1.165) is 24.1 Å². The number of para-hydroxylation sites is 1. The molecule has 1 aromatic carbocycles. The van der Waals surface area contributed by atoms with Gasteiger partial charge in [0, 0.05) is 38.4 Å². The largest absolute Gasteiger partial charge is 0.463 e. The van der Waals surface area contributed by atoms with Crippen molar-refractivity contribution in [2.45, 2.75) is 32.2 Å². The molecule has 0 aromatic heterocycles. The lowest BCUT2D eigenvalue weighted by Crippen LogP contribution is -2.47. The number of nitrogens with one attached hydrogen (secondary N) is 1. The summed E-state index contributed by atoms with van der Waals surface area (Å²) in [6, 6.07) is 8.12. The summed E-state index contributed by atoms with van der Waals surface area (Å²) in [6.45, 7) is 3.17. The molecule has 1 fully saturated rings. The molecule has 8 heteroatoms. The molecule has 0 atom stereocenters. The van der Waals surface area contributed by atoms with E-state index in [2.05, 4.69) is 11.4 Å². The molecule has 2 amide bonds. The Bertz CT molecular complexity index is 659. The molecule has 2 rings (SSSR count). The van der Waals surface area contributed by atoms with Gasteiger partial charge in [-0.15, -0.1) is 0 Å². The van der Waals surface area contributed by atoms with Crippen LogP contribution in [0, 0.1) is 0 Å². The summed E-state index contributed by atoms with van der Waals surface area (Å²) in [5.41, 5.74) is 2.23. The smallest absolute Gasteiger partial charge is 0.410 e. The minimum Gasteiger partial charge on any atom is -0.463 e. The second kappa shape index (κ2) is 11.2. The lowest BCUT2D eigenvalue weighted by molar-refractivity contribution is -0.146. The highest BCUT2D eigenvalue weighted by Crippen LogP contribution is 2.19. The van der Waals surface area contributed by atoms with Crippen molar-refractivity contribution < 1.29 is 23.9 Å². The van der Waals surface area contributed by atoms with E-state index in [1.807, 2.05) is 30.1 Å². The maximum absolute atomic E-state index is 12.0. The average Bonchev–Trinajstić information content (AvgIpc) is 2.73. The minimum atomic E-state index is -0.556. The Morgan fingerprint density at radius 2 is 1.96 bits per heavy atom. The van der Waals surface area contributed by atoms with Crippen LogP contribution in [0.2, 0.25) is 0 Å². The highest BCUT2D eigenvalue weighted by Gasteiger charge is 2.27. The van der Waals surface area contributed by atoms with Crippen molar-refractivity contribution in [1.29, 1.82) is 0 Å². The normalized spacial score (nSPS) is 14.3. The van der Waals surface area contributed by atoms with Crippen LogP contribution < -0.4 is 5.32 Å². The van der Waals surface area contributed by atoms with Gasteiger partial charge in [0.2, 0.25) is 6.41 Å². The quantitative estimate of drug-likeness (QED) is 0.511. The Morgan fingerprint density at radius 3 is 2.61 bits per heavy atom. The number of piperidine rings is 1. The second-order valence-corrected chi connectivity index (χ2v) is 6.58. The van der Waals surface area contributed by atoms with Crippen molar-refractivity contribution >= 4 is 24.2 Å². The molecule has 28 heavy (non-hydrogen) atoms. The molecule has 1 aromatic rings. The summed E-state index contributed by atoms with van der Waals surface area (Å²) in [6.07, 6.45) is 2.49. The number of likely N-dealkylation sites (tertiary alicyclic amines) is 1. The van der Waals surface area contributed by atoms with Gasteiger partial charge in [0.15, 0.2) is 6.61 Å². The van der Waals surface area contributed by atoms with Crippen LogP contribution in [0.5, 0.6) is 0 Å². The number of esters is 1. The van der Waals surface area contributed by atoms with E-state index in [4.69, 9.17) is 9.47 Å². The summed E-state index contributed by atoms with van der Waals surface area (Å²) in [7, 11) is 1.88. The fourth-order valence-corrected chi connectivity index (χ4v) is 3.35. The van der Waals surface area contributed by atoms with Gasteiger partial charge in [-0.2, -0.15) is 0 Å². The first-order chi connectivity index (χ1) is 13.6. The van der Waals surface area contributed by atoms with Crippen molar-refractivity contribution in [2.24, 2.45) is 0 Å². The van der Waals surface area contributed by atoms with E-state index in [1.54, 1.807) is 11.8 Å². The van der Waals surface area contributed by atoms with E-state index in [0.29, 0.717) is 32.5 Å². The van der Waals surface area contributed by atoms with Gasteiger partial charge in [0.1, 0.15) is 0 Å². The Labute approximate surface area is 165 Å². The predicted octanol–water partition coefficient (Wildman–Crippen LogP) is 1.89. The minimum absolute atomic E-state index is 0.0911. The lowest BCUT2D eigenvalue weighted by atomic mass is 10.0. The van der Waals surface area contributed by atoms with Crippen LogP contribution in [-0.2, 0) is 25.5 Å². The summed E-state index contributed by atoms with van der Waals surface area (Å²) < 4.78 is 9.71. The maximum Gasteiger partial charge on any atom is 0.410 e.